The number of carbonyl (C=O) groups excluding carboxylic acids is 2. The lowest BCUT2D eigenvalue weighted by atomic mass is 9.81. The van der Waals surface area contributed by atoms with Crippen LogP contribution in [0.25, 0.3) is 0 Å². The normalized spacial score (nSPS) is 28.5. The molecular weight excluding hydrogens is 298 g/mol. The summed E-state index contributed by atoms with van der Waals surface area (Å²) in [7, 11) is 0. The van der Waals surface area contributed by atoms with Gasteiger partial charge in [-0.2, -0.15) is 0 Å². The summed E-state index contributed by atoms with van der Waals surface area (Å²) in [5, 5.41) is 9.04. The lowest BCUT2D eigenvalue weighted by Crippen LogP contribution is -2.46. The van der Waals surface area contributed by atoms with Gasteiger partial charge < -0.3 is 14.7 Å². The molecule has 1 heterocycles. The highest BCUT2D eigenvalue weighted by Gasteiger charge is 2.40. The maximum Gasteiger partial charge on any atom is 0.329 e. The fraction of sp³-hybridized carbons (Fsp3) is 0.824. The Labute approximate surface area is 137 Å². The molecule has 23 heavy (non-hydrogen) atoms. The predicted molar refractivity (Wildman–Crippen MR) is 83.7 cm³/mol. The Kier molecular flexibility index (Phi) is 5.32. The Balaban J connectivity index is 1.96. The molecule has 0 aromatic carbocycles. The van der Waals surface area contributed by atoms with Crippen LogP contribution in [0.5, 0.6) is 0 Å². The molecule has 1 aliphatic carbocycles. The van der Waals surface area contributed by atoms with E-state index < -0.39 is 17.6 Å². The zero-order valence-electron chi connectivity index (χ0n) is 14.2. The van der Waals surface area contributed by atoms with Gasteiger partial charge in [-0.25, -0.2) is 4.79 Å². The summed E-state index contributed by atoms with van der Waals surface area (Å²) in [4.78, 5) is 37.7. The van der Waals surface area contributed by atoms with Crippen molar-refractivity contribution in [3.05, 3.63) is 0 Å². The molecule has 130 valence electrons. The van der Waals surface area contributed by atoms with Crippen LogP contribution in [0.15, 0.2) is 0 Å². The molecule has 1 aliphatic heterocycles. The smallest absolute Gasteiger partial charge is 0.329 e. The summed E-state index contributed by atoms with van der Waals surface area (Å²) in [5.41, 5.74) is -0.562. The van der Waals surface area contributed by atoms with E-state index >= 15 is 0 Å². The van der Waals surface area contributed by atoms with Gasteiger partial charge in [-0.05, 0) is 59.3 Å². The lowest BCUT2D eigenvalue weighted by molar-refractivity contribution is -0.164. The van der Waals surface area contributed by atoms with E-state index in [4.69, 9.17) is 9.84 Å². The third-order valence-electron chi connectivity index (χ3n) is 4.64. The first-order valence-electron chi connectivity index (χ1n) is 8.45. The SMILES string of the molecule is CC(C)(C)OC(=O)C1CCCN1C(=O)C1CCC(C(=O)O)CC1. The van der Waals surface area contributed by atoms with Crippen molar-refractivity contribution in [2.75, 3.05) is 6.54 Å². The Morgan fingerprint density at radius 2 is 1.57 bits per heavy atom. The summed E-state index contributed by atoms with van der Waals surface area (Å²) < 4.78 is 5.43. The van der Waals surface area contributed by atoms with E-state index in [0.717, 1.165) is 6.42 Å². The number of esters is 1. The average Bonchev–Trinajstić information content (AvgIpc) is 2.94. The van der Waals surface area contributed by atoms with E-state index in [1.807, 2.05) is 20.8 Å². The largest absolute Gasteiger partial charge is 0.481 e. The maximum absolute atomic E-state index is 12.7. The minimum Gasteiger partial charge on any atom is -0.481 e. The number of carboxylic acids is 1. The van der Waals surface area contributed by atoms with Crippen molar-refractivity contribution in [3.8, 4) is 0 Å². The number of carbonyl (C=O) groups is 3. The average molecular weight is 325 g/mol. The fourth-order valence-corrected chi connectivity index (χ4v) is 3.47. The van der Waals surface area contributed by atoms with Crippen molar-refractivity contribution < 1.29 is 24.2 Å². The number of carboxylic acid groups (broad SMARTS) is 1. The number of amides is 1. The molecular formula is C17H27NO5. The summed E-state index contributed by atoms with van der Waals surface area (Å²) >= 11 is 0. The van der Waals surface area contributed by atoms with E-state index in [2.05, 4.69) is 0 Å². The monoisotopic (exact) mass is 325 g/mol. The van der Waals surface area contributed by atoms with Gasteiger partial charge in [0.05, 0.1) is 5.92 Å². The molecule has 2 fully saturated rings. The van der Waals surface area contributed by atoms with Gasteiger partial charge >= 0.3 is 11.9 Å². The van der Waals surface area contributed by atoms with Gasteiger partial charge in [-0.1, -0.05) is 0 Å². The van der Waals surface area contributed by atoms with Crippen LogP contribution in [0.4, 0.5) is 0 Å². The number of hydrogen-bond acceptors (Lipinski definition) is 4. The zero-order chi connectivity index (χ0) is 17.2. The third-order valence-corrected chi connectivity index (χ3v) is 4.64. The molecule has 1 atom stereocenters. The van der Waals surface area contributed by atoms with Crippen molar-refractivity contribution in [3.63, 3.8) is 0 Å². The molecule has 0 bridgehead atoms. The topological polar surface area (TPSA) is 83.9 Å². The number of aliphatic carboxylic acids is 1. The predicted octanol–water partition coefficient (Wildman–Crippen LogP) is 2.21. The minimum absolute atomic E-state index is 0.0119. The fourth-order valence-electron chi connectivity index (χ4n) is 3.47. The summed E-state index contributed by atoms with van der Waals surface area (Å²) in [6.45, 7) is 6.04. The molecule has 0 spiro atoms. The molecule has 1 amide bonds. The number of nitrogens with zero attached hydrogens (tertiary/aromatic N) is 1. The zero-order valence-corrected chi connectivity index (χ0v) is 14.2. The molecule has 0 radical (unpaired) electrons. The van der Waals surface area contributed by atoms with Gasteiger partial charge in [-0.15, -0.1) is 0 Å². The molecule has 1 saturated carbocycles. The highest BCUT2D eigenvalue weighted by atomic mass is 16.6. The van der Waals surface area contributed by atoms with Crippen LogP contribution in [0, 0.1) is 11.8 Å². The molecule has 6 nitrogen and oxygen atoms in total. The maximum atomic E-state index is 12.7. The Hall–Kier alpha value is -1.59. The summed E-state index contributed by atoms with van der Waals surface area (Å²) in [5.74, 6) is -1.61. The van der Waals surface area contributed by atoms with Crippen molar-refractivity contribution in [2.45, 2.75) is 70.9 Å². The minimum atomic E-state index is -0.774. The standard InChI is InChI=1S/C17H27NO5/c1-17(2,3)23-16(22)13-5-4-10-18(13)14(19)11-6-8-12(9-7-11)15(20)21/h11-13H,4-10H2,1-3H3,(H,20,21). The van der Waals surface area contributed by atoms with E-state index in [1.54, 1.807) is 4.90 Å². The van der Waals surface area contributed by atoms with E-state index in [1.165, 1.54) is 0 Å². The second-order valence-electron chi connectivity index (χ2n) is 7.61. The van der Waals surface area contributed by atoms with Crippen LogP contribution >= 0.6 is 0 Å². The molecule has 1 N–H and O–H groups in total. The highest BCUT2D eigenvalue weighted by Crippen LogP contribution is 2.32. The van der Waals surface area contributed by atoms with Crippen LogP contribution < -0.4 is 0 Å². The third kappa shape index (κ3) is 4.45. The van der Waals surface area contributed by atoms with Crippen molar-refractivity contribution in [1.82, 2.24) is 4.90 Å². The first-order chi connectivity index (χ1) is 10.7. The first kappa shape index (κ1) is 17.8. The van der Waals surface area contributed by atoms with Gasteiger partial charge in [0.1, 0.15) is 11.6 Å². The van der Waals surface area contributed by atoms with Crippen molar-refractivity contribution >= 4 is 17.8 Å². The summed E-state index contributed by atoms with van der Waals surface area (Å²) in [6, 6.07) is -0.487. The number of likely N-dealkylation sites (tertiary alicyclic amines) is 1. The second-order valence-corrected chi connectivity index (χ2v) is 7.61. The number of rotatable bonds is 3. The molecule has 2 aliphatic rings. The summed E-state index contributed by atoms with van der Waals surface area (Å²) in [6.07, 6.45) is 3.71. The van der Waals surface area contributed by atoms with Crippen molar-refractivity contribution in [2.24, 2.45) is 11.8 Å². The van der Waals surface area contributed by atoms with E-state index in [9.17, 15) is 14.4 Å². The van der Waals surface area contributed by atoms with E-state index in [-0.39, 0.29) is 23.7 Å². The van der Waals surface area contributed by atoms with Gasteiger partial charge in [0.25, 0.3) is 0 Å². The first-order valence-corrected chi connectivity index (χ1v) is 8.45. The second kappa shape index (κ2) is 6.89. The quantitative estimate of drug-likeness (QED) is 0.804. The van der Waals surface area contributed by atoms with Crippen LogP contribution in [0.2, 0.25) is 0 Å². The molecule has 2 rings (SSSR count). The molecule has 0 aromatic rings. The van der Waals surface area contributed by atoms with Crippen LogP contribution in [0.3, 0.4) is 0 Å². The van der Waals surface area contributed by atoms with Crippen LogP contribution in [-0.2, 0) is 19.1 Å². The molecule has 1 unspecified atom stereocenters. The van der Waals surface area contributed by atoms with Crippen molar-refractivity contribution in [1.29, 1.82) is 0 Å². The Morgan fingerprint density at radius 3 is 2.09 bits per heavy atom. The molecule has 0 aromatic heterocycles. The van der Waals surface area contributed by atoms with E-state index in [0.29, 0.717) is 38.6 Å². The van der Waals surface area contributed by atoms with Crippen LogP contribution in [-0.4, -0.2) is 46.0 Å². The van der Waals surface area contributed by atoms with Gasteiger partial charge in [-0.3, -0.25) is 9.59 Å². The van der Waals surface area contributed by atoms with Gasteiger partial charge in [0, 0.05) is 12.5 Å². The van der Waals surface area contributed by atoms with Gasteiger partial charge in [0.2, 0.25) is 5.91 Å². The molecule has 6 heteroatoms. The Morgan fingerprint density at radius 1 is 1.00 bits per heavy atom. The number of ether oxygens (including phenoxy) is 1. The number of hydrogen-bond donors (Lipinski definition) is 1. The lowest BCUT2D eigenvalue weighted by Gasteiger charge is -2.32. The highest BCUT2D eigenvalue weighted by molar-refractivity contribution is 5.86. The van der Waals surface area contributed by atoms with Crippen LogP contribution in [0.1, 0.15) is 59.3 Å². The Bertz CT molecular complexity index is 474. The molecule has 1 saturated heterocycles. The van der Waals surface area contributed by atoms with Gasteiger partial charge in [0.15, 0.2) is 0 Å².